The summed E-state index contributed by atoms with van der Waals surface area (Å²) < 4.78 is 33.7. The summed E-state index contributed by atoms with van der Waals surface area (Å²) in [5.41, 5.74) is 0.820. The Balaban J connectivity index is 2.36. The van der Waals surface area contributed by atoms with Crippen LogP contribution < -0.4 is 0 Å². The number of rotatable bonds is 7. The van der Waals surface area contributed by atoms with Gasteiger partial charge in [-0.1, -0.05) is 22.0 Å². The number of ether oxygens (including phenoxy) is 1. The molecule has 0 aliphatic heterocycles. The van der Waals surface area contributed by atoms with Gasteiger partial charge in [-0.3, -0.25) is 4.98 Å². The lowest BCUT2D eigenvalue weighted by molar-refractivity contribution is 0.177. The van der Waals surface area contributed by atoms with E-state index >= 15 is 0 Å². The van der Waals surface area contributed by atoms with Gasteiger partial charge in [0.15, 0.2) is 0 Å². The molecule has 1 aromatic carbocycles. The first-order valence-corrected chi connectivity index (χ1v) is 9.81. The molecule has 8 heteroatoms. The van der Waals surface area contributed by atoms with E-state index in [4.69, 9.17) is 4.74 Å². The zero-order valence-electron chi connectivity index (χ0n) is 12.4. The van der Waals surface area contributed by atoms with E-state index in [1.165, 1.54) is 4.31 Å². The van der Waals surface area contributed by atoms with Gasteiger partial charge in [-0.25, -0.2) is 8.42 Å². The molecular weight excluding hydrogens is 448 g/mol. The van der Waals surface area contributed by atoms with Crippen LogP contribution in [0.25, 0.3) is 0 Å². The summed E-state index contributed by atoms with van der Waals surface area (Å²) in [6, 6.07) is 8.62. The van der Waals surface area contributed by atoms with Crippen molar-refractivity contribution < 1.29 is 13.2 Å². The highest BCUT2D eigenvalue weighted by atomic mass is 79.9. The predicted octanol–water partition coefficient (Wildman–Crippen LogP) is 3.44. The van der Waals surface area contributed by atoms with Crippen molar-refractivity contribution in [3.05, 3.63) is 57.2 Å². The van der Waals surface area contributed by atoms with Crippen molar-refractivity contribution in [2.45, 2.75) is 11.4 Å². The molecule has 0 bridgehead atoms. The molecule has 0 aliphatic carbocycles. The Labute approximate surface area is 153 Å². The maximum atomic E-state index is 13.0. The number of hydrogen-bond donors (Lipinski definition) is 0. The van der Waals surface area contributed by atoms with E-state index in [9.17, 15) is 8.42 Å². The van der Waals surface area contributed by atoms with Crippen molar-refractivity contribution in [2.24, 2.45) is 0 Å². The van der Waals surface area contributed by atoms with E-state index < -0.39 is 10.0 Å². The van der Waals surface area contributed by atoms with Crippen LogP contribution in [0.1, 0.15) is 5.56 Å². The Kier molecular flexibility index (Phi) is 6.72. The normalized spacial score (nSPS) is 11.8. The molecule has 0 aliphatic rings. The molecule has 0 spiro atoms. The maximum Gasteiger partial charge on any atom is 0.244 e. The first-order valence-electron chi connectivity index (χ1n) is 6.78. The summed E-state index contributed by atoms with van der Waals surface area (Å²) in [6.45, 7) is 0.811. The fourth-order valence-electron chi connectivity index (χ4n) is 2.00. The van der Waals surface area contributed by atoms with Crippen LogP contribution in [0.5, 0.6) is 0 Å². The van der Waals surface area contributed by atoms with Crippen molar-refractivity contribution in [3.8, 4) is 0 Å². The maximum absolute atomic E-state index is 13.0. The van der Waals surface area contributed by atoms with Crippen molar-refractivity contribution in [1.82, 2.24) is 9.29 Å². The number of methoxy groups -OCH3 is 1. The second-order valence-corrected chi connectivity index (χ2v) is 8.44. The Hall–Kier alpha value is -0.800. The standard InChI is InChI=1S/C15H16Br2N2O3S/c1-22-8-7-19(11-12-3-2-6-18-10-12)23(20,21)15-5-4-13(16)9-14(15)17/h2-6,9-10H,7-8,11H2,1H3. The van der Waals surface area contributed by atoms with Crippen LogP contribution in [0.4, 0.5) is 0 Å². The topological polar surface area (TPSA) is 59.5 Å². The van der Waals surface area contributed by atoms with E-state index in [0.29, 0.717) is 11.1 Å². The molecule has 0 saturated carbocycles. The molecule has 1 aromatic heterocycles. The highest BCUT2D eigenvalue weighted by molar-refractivity contribution is 9.11. The molecule has 0 N–H and O–H groups in total. The lowest BCUT2D eigenvalue weighted by atomic mass is 10.3. The van der Waals surface area contributed by atoms with Crippen LogP contribution in [0.3, 0.4) is 0 Å². The van der Waals surface area contributed by atoms with Crippen molar-refractivity contribution in [2.75, 3.05) is 20.3 Å². The minimum atomic E-state index is -3.66. The number of nitrogens with zero attached hydrogens (tertiary/aromatic N) is 2. The lowest BCUT2D eigenvalue weighted by Crippen LogP contribution is -2.33. The lowest BCUT2D eigenvalue weighted by Gasteiger charge is -2.22. The summed E-state index contributed by atoms with van der Waals surface area (Å²) in [6.07, 6.45) is 3.31. The summed E-state index contributed by atoms with van der Waals surface area (Å²) in [7, 11) is -2.12. The van der Waals surface area contributed by atoms with Gasteiger partial charge >= 0.3 is 0 Å². The second-order valence-electron chi connectivity index (χ2n) is 4.77. The van der Waals surface area contributed by atoms with Crippen molar-refractivity contribution in [1.29, 1.82) is 0 Å². The number of halogens is 2. The third-order valence-corrected chi connectivity index (χ3v) is 6.45. The van der Waals surface area contributed by atoms with Gasteiger partial charge in [-0.2, -0.15) is 4.31 Å². The summed E-state index contributed by atoms with van der Waals surface area (Å²) in [5, 5.41) is 0. The van der Waals surface area contributed by atoms with Gasteiger partial charge in [0, 0.05) is 41.5 Å². The highest BCUT2D eigenvalue weighted by Gasteiger charge is 2.26. The van der Waals surface area contributed by atoms with Gasteiger partial charge in [0.2, 0.25) is 10.0 Å². The first kappa shape index (κ1) is 18.5. The molecule has 0 radical (unpaired) electrons. The molecule has 2 rings (SSSR count). The summed E-state index contributed by atoms with van der Waals surface area (Å²) in [5.74, 6) is 0. The second kappa shape index (κ2) is 8.34. The molecule has 2 aromatic rings. The van der Waals surface area contributed by atoms with Crippen LogP contribution >= 0.6 is 31.9 Å². The highest BCUT2D eigenvalue weighted by Crippen LogP contribution is 2.28. The number of hydrogen-bond acceptors (Lipinski definition) is 4. The number of aromatic nitrogens is 1. The summed E-state index contributed by atoms with van der Waals surface area (Å²) in [4.78, 5) is 4.26. The van der Waals surface area contributed by atoms with Crippen LogP contribution in [0.2, 0.25) is 0 Å². The van der Waals surface area contributed by atoms with E-state index in [2.05, 4.69) is 36.8 Å². The van der Waals surface area contributed by atoms with Crippen molar-refractivity contribution in [3.63, 3.8) is 0 Å². The quantitative estimate of drug-likeness (QED) is 0.630. The van der Waals surface area contributed by atoms with Gasteiger partial charge < -0.3 is 4.74 Å². The largest absolute Gasteiger partial charge is 0.383 e. The minimum absolute atomic E-state index is 0.223. The average molecular weight is 464 g/mol. The third-order valence-electron chi connectivity index (χ3n) is 3.14. The van der Waals surface area contributed by atoms with Crippen molar-refractivity contribution >= 4 is 41.9 Å². The Bertz CT molecular complexity index is 755. The Morgan fingerprint density at radius 1 is 1.26 bits per heavy atom. The smallest absolute Gasteiger partial charge is 0.244 e. The minimum Gasteiger partial charge on any atom is -0.383 e. The van der Waals surface area contributed by atoms with Crippen LogP contribution in [-0.4, -0.2) is 38.0 Å². The molecule has 0 saturated heterocycles. The summed E-state index contributed by atoms with van der Waals surface area (Å²) >= 11 is 6.65. The first-order chi connectivity index (χ1) is 10.9. The van der Waals surface area contributed by atoms with E-state index in [-0.39, 0.29) is 18.0 Å². The van der Waals surface area contributed by atoms with Gasteiger partial charge in [0.25, 0.3) is 0 Å². The van der Waals surface area contributed by atoms with Gasteiger partial charge in [0.1, 0.15) is 0 Å². The predicted molar refractivity (Wildman–Crippen MR) is 95.6 cm³/mol. The van der Waals surface area contributed by atoms with Crippen LogP contribution in [0, 0.1) is 0 Å². The molecule has 0 amide bonds. The van der Waals surface area contributed by atoms with Gasteiger partial charge in [-0.15, -0.1) is 0 Å². The number of pyridine rings is 1. The monoisotopic (exact) mass is 462 g/mol. The molecule has 23 heavy (non-hydrogen) atoms. The van der Waals surface area contributed by atoms with E-state index in [1.807, 2.05) is 6.07 Å². The van der Waals surface area contributed by atoms with Gasteiger partial charge in [-0.05, 0) is 45.8 Å². The molecular formula is C15H16Br2N2O3S. The number of benzene rings is 1. The SMILES string of the molecule is COCCN(Cc1cccnc1)S(=O)(=O)c1ccc(Br)cc1Br. The third kappa shape index (κ3) is 4.84. The fraction of sp³-hybridized carbons (Fsp3) is 0.267. The Morgan fingerprint density at radius 3 is 2.65 bits per heavy atom. The van der Waals surface area contributed by atoms with E-state index in [0.717, 1.165) is 10.0 Å². The number of sulfonamides is 1. The molecule has 1 heterocycles. The zero-order valence-corrected chi connectivity index (χ0v) is 16.4. The fourth-order valence-corrected chi connectivity index (χ4v) is 5.11. The zero-order chi connectivity index (χ0) is 16.9. The van der Waals surface area contributed by atoms with Crippen LogP contribution in [0.15, 0.2) is 56.6 Å². The van der Waals surface area contributed by atoms with Gasteiger partial charge in [0.05, 0.1) is 11.5 Å². The van der Waals surface area contributed by atoms with E-state index in [1.54, 1.807) is 43.8 Å². The molecule has 5 nitrogen and oxygen atoms in total. The molecule has 0 unspecified atom stereocenters. The molecule has 124 valence electrons. The molecule has 0 fully saturated rings. The van der Waals surface area contributed by atoms with Crippen LogP contribution in [-0.2, 0) is 21.3 Å². The average Bonchev–Trinajstić information content (AvgIpc) is 2.52. The Morgan fingerprint density at radius 2 is 2.04 bits per heavy atom. The molecule has 0 atom stereocenters.